The van der Waals surface area contributed by atoms with Crippen molar-refractivity contribution in [1.29, 1.82) is 0 Å². The molecular weight excluding hydrogens is 212 g/mol. The quantitative estimate of drug-likeness (QED) is 0.845. The van der Waals surface area contributed by atoms with Crippen LogP contribution in [0.25, 0.3) is 0 Å². The van der Waals surface area contributed by atoms with Gasteiger partial charge in [-0.2, -0.15) is 5.10 Å². The maximum atomic E-state index is 5.74. The van der Waals surface area contributed by atoms with Gasteiger partial charge in [0, 0.05) is 24.3 Å². The summed E-state index contributed by atoms with van der Waals surface area (Å²) in [6.45, 7) is 1.44. The van der Waals surface area contributed by atoms with Crippen LogP contribution >= 0.6 is 0 Å². The van der Waals surface area contributed by atoms with E-state index in [9.17, 15) is 0 Å². The average molecular weight is 226 g/mol. The van der Waals surface area contributed by atoms with Gasteiger partial charge in [0.15, 0.2) is 5.82 Å². The Labute approximate surface area is 100 Å². The van der Waals surface area contributed by atoms with Gasteiger partial charge in [0.05, 0.1) is 6.20 Å². The molecule has 0 unspecified atom stereocenters. The lowest BCUT2D eigenvalue weighted by Gasteiger charge is -2.19. The van der Waals surface area contributed by atoms with Crippen LogP contribution in [0, 0.1) is 0 Å². The van der Waals surface area contributed by atoms with Crippen LogP contribution in [0.15, 0.2) is 36.5 Å². The second-order valence-corrected chi connectivity index (χ2v) is 4.11. The monoisotopic (exact) mass is 226 g/mol. The Kier molecular flexibility index (Phi) is 2.49. The summed E-state index contributed by atoms with van der Waals surface area (Å²) >= 11 is 0. The van der Waals surface area contributed by atoms with Gasteiger partial charge in [-0.05, 0) is 24.1 Å². The first-order chi connectivity index (χ1) is 8.40. The molecule has 0 bridgehead atoms. The van der Waals surface area contributed by atoms with Crippen molar-refractivity contribution in [2.24, 2.45) is 5.73 Å². The SMILES string of the molecule is NCc1ccnnc1N1CCc2ccccc21. The lowest BCUT2D eigenvalue weighted by molar-refractivity contribution is 0.895. The number of para-hydroxylation sites is 1. The van der Waals surface area contributed by atoms with E-state index in [1.165, 1.54) is 11.3 Å². The Morgan fingerprint density at radius 1 is 1.24 bits per heavy atom. The molecule has 1 aromatic carbocycles. The normalized spacial score (nSPS) is 13.8. The summed E-state index contributed by atoms with van der Waals surface area (Å²) in [5, 5.41) is 8.19. The molecule has 17 heavy (non-hydrogen) atoms. The third kappa shape index (κ3) is 1.66. The molecule has 3 rings (SSSR count). The van der Waals surface area contributed by atoms with E-state index < -0.39 is 0 Å². The summed E-state index contributed by atoms with van der Waals surface area (Å²) in [5.74, 6) is 0.889. The highest BCUT2D eigenvalue weighted by atomic mass is 15.3. The number of anilines is 2. The first-order valence-electron chi connectivity index (χ1n) is 5.76. The van der Waals surface area contributed by atoms with Gasteiger partial charge in [0.25, 0.3) is 0 Å². The van der Waals surface area contributed by atoms with Crippen molar-refractivity contribution in [2.45, 2.75) is 13.0 Å². The summed E-state index contributed by atoms with van der Waals surface area (Å²) in [6, 6.07) is 10.3. The van der Waals surface area contributed by atoms with E-state index in [0.29, 0.717) is 6.54 Å². The van der Waals surface area contributed by atoms with E-state index in [2.05, 4.69) is 39.4 Å². The fourth-order valence-electron chi connectivity index (χ4n) is 2.30. The molecular formula is C13H14N4. The molecule has 0 amide bonds. The van der Waals surface area contributed by atoms with E-state index >= 15 is 0 Å². The molecule has 2 N–H and O–H groups in total. The Morgan fingerprint density at radius 2 is 2.12 bits per heavy atom. The molecule has 0 fully saturated rings. The molecule has 86 valence electrons. The Balaban J connectivity index is 2.07. The van der Waals surface area contributed by atoms with Crippen LogP contribution in [0.1, 0.15) is 11.1 Å². The van der Waals surface area contributed by atoms with Crippen LogP contribution in [0.4, 0.5) is 11.5 Å². The lowest BCUT2D eigenvalue weighted by Crippen LogP contribution is -2.18. The maximum Gasteiger partial charge on any atom is 0.160 e. The fourth-order valence-corrected chi connectivity index (χ4v) is 2.30. The van der Waals surface area contributed by atoms with Crippen molar-refractivity contribution in [3.8, 4) is 0 Å². The summed E-state index contributed by atoms with van der Waals surface area (Å²) in [4.78, 5) is 2.20. The van der Waals surface area contributed by atoms with Gasteiger partial charge < -0.3 is 10.6 Å². The lowest BCUT2D eigenvalue weighted by atomic mass is 10.2. The molecule has 0 spiro atoms. The minimum atomic E-state index is 0.490. The number of rotatable bonds is 2. The largest absolute Gasteiger partial charge is 0.326 e. The van der Waals surface area contributed by atoms with Crippen molar-refractivity contribution >= 4 is 11.5 Å². The predicted molar refractivity (Wildman–Crippen MR) is 67.1 cm³/mol. The van der Waals surface area contributed by atoms with Gasteiger partial charge in [0.2, 0.25) is 0 Å². The zero-order valence-electron chi connectivity index (χ0n) is 9.50. The average Bonchev–Trinajstić information content (AvgIpc) is 2.82. The topological polar surface area (TPSA) is 55.0 Å². The number of fused-ring (bicyclic) bond motifs is 1. The predicted octanol–water partition coefficient (Wildman–Crippen LogP) is 1.63. The minimum absolute atomic E-state index is 0.490. The highest BCUT2D eigenvalue weighted by molar-refractivity contribution is 5.69. The molecule has 2 heterocycles. The second-order valence-electron chi connectivity index (χ2n) is 4.11. The molecule has 4 heteroatoms. The first kappa shape index (κ1) is 10.2. The molecule has 0 aliphatic carbocycles. The van der Waals surface area contributed by atoms with Crippen molar-refractivity contribution < 1.29 is 0 Å². The van der Waals surface area contributed by atoms with E-state index in [0.717, 1.165) is 24.3 Å². The van der Waals surface area contributed by atoms with Crippen LogP contribution in [-0.4, -0.2) is 16.7 Å². The molecule has 4 nitrogen and oxygen atoms in total. The smallest absolute Gasteiger partial charge is 0.160 e. The number of nitrogens with zero attached hydrogens (tertiary/aromatic N) is 3. The zero-order valence-corrected chi connectivity index (χ0v) is 9.50. The first-order valence-corrected chi connectivity index (χ1v) is 5.76. The molecule has 0 saturated heterocycles. The van der Waals surface area contributed by atoms with Crippen molar-refractivity contribution in [1.82, 2.24) is 10.2 Å². The minimum Gasteiger partial charge on any atom is -0.326 e. The summed E-state index contributed by atoms with van der Waals surface area (Å²) in [6.07, 6.45) is 2.74. The van der Waals surface area contributed by atoms with Crippen LogP contribution in [0.2, 0.25) is 0 Å². The number of hydrogen-bond donors (Lipinski definition) is 1. The number of nitrogens with two attached hydrogens (primary N) is 1. The Morgan fingerprint density at radius 3 is 3.00 bits per heavy atom. The highest BCUT2D eigenvalue weighted by Gasteiger charge is 2.22. The van der Waals surface area contributed by atoms with Gasteiger partial charge >= 0.3 is 0 Å². The molecule has 0 saturated carbocycles. The van der Waals surface area contributed by atoms with E-state index in [1.807, 2.05) is 6.07 Å². The maximum absolute atomic E-state index is 5.74. The van der Waals surface area contributed by atoms with Gasteiger partial charge in [-0.3, -0.25) is 0 Å². The van der Waals surface area contributed by atoms with Gasteiger partial charge in [-0.1, -0.05) is 18.2 Å². The van der Waals surface area contributed by atoms with Gasteiger partial charge in [0.1, 0.15) is 0 Å². The summed E-state index contributed by atoms with van der Waals surface area (Å²) in [7, 11) is 0. The van der Waals surface area contributed by atoms with Crippen LogP contribution in [0.5, 0.6) is 0 Å². The van der Waals surface area contributed by atoms with Gasteiger partial charge in [-0.25, -0.2) is 0 Å². The Hall–Kier alpha value is -1.94. The molecule has 0 radical (unpaired) electrons. The highest BCUT2D eigenvalue weighted by Crippen LogP contribution is 2.34. The third-order valence-electron chi connectivity index (χ3n) is 3.14. The van der Waals surface area contributed by atoms with Crippen LogP contribution in [0.3, 0.4) is 0 Å². The molecule has 1 aliphatic rings. The molecule has 1 aromatic heterocycles. The second kappa shape index (κ2) is 4.14. The van der Waals surface area contributed by atoms with Crippen molar-refractivity contribution in [3.05, 3.63) is 47.7 Å². The van der Waals surface area contributed by atoms with Crippen LogP contribution < -0.4 is 10.6 Å². The molecule has 0 atom stereocenters. The fraction of sp³-hybridized carbons (Fsp3) is 0.231. The molecule has 1 aliphatic heterocycles. The summed E-state index contributed by atoms with van der Waals surface area (Å²) < 4.78 is 0. The van der Waals surface area contributed by atoms with Crippen molar-refractivity contribution in [2.75, 3.05) is 11.4 Å². The van der Waals surface area contributed by atoms with E-state index in [4.69, 9.17) is 5.73 Å². The number of aromatic nitrogens is 2. The van der Waals surface area contributed by atoms with Gasteiger partial charge in [-0.15, -0.1) is 5.10 Å². The zero-order chi connectivity index (χ0) is 11.7. The third-order valence-corrected chi connectivity index (χ3v) is 3.14. The van der Waals surface area contributed by atoms with E-state index in [-0.39, 0.29) is 0 Å². The van der Waals surface area contributed by atoms with Crippen LogP contribution in [-0.2, 0) is 13.0 Å². The standard InChI is InChI=1S/C13H14N4/c14-9-11-5-7-15-16-13(11)17-8-6-10-3-1-2-4-12(10)17/h1-5,7H,6,8-9,14H2. The van der Waals surface area contributed by atoms with Crippen molar-refractivity contribution in [3.63, 3.8) is 0 Å². The summed E-state index contributed by atoms with van der Waals surface area (Å²) in [5.41, 5.74) is 9.37. The number of benzene rings is 1. The Bertz CT molecular complexity index is 538. The van der Waals surface area contributed by atoms with E-state index in [1.54, 1.807) is 6.20 Å². The molecule has 2 aromatic rings. The number of hydrogen-bond acceptors (Lipinski definition) is 4.